The van der Waals surface area contributed by atoms with Gasteiger partial charge in [-0.05, 0) is 36.2 Å². The molecule has 2 saturated heterocycles. The number of terminal acetylenes is 1. The number of β-amino-alcohol motifs (C(OH)–C–C–N with tert-alkyl or cyclic N) is 1. The Morgan fingerprint density at radius 3 is 2.46 bits per heavy atom. The number of hydrogen-bond acceptors (Lipinski definition) is 5. The number of benzene rings is 1. The summed E-state index contributed by atoms with van der Waals surface area (Å²) in [5.74, 6) is 3.70. The van der Waals surface area contributed by atoms with E-state index < -0.39 is 0 Å². The maximum atomic E-state index is 10.8. The molecule has 5 heteroatoms. The van der Waals surface area contributed by atoms with Crippen LogP contribution >= 0.6 is 0 Å². The van der Waals surface area contributed by atoms with E-state index in [9.17, 15) is 5.11 Å². The Bertz CT molecular complexity index is 794. The number of aromatic nitrogens is 1. The van der Waals surface area contributed by atoms with Crippen LogP contribution in [0.15, 0.2) is 48.7 Å². The van der Waals surface area contributed by atoms with E-state index in [4.69, 9.17) is 6.42 Å². The lowest BCUT2D eigenvalue weighted by atomic mass is 9.98. The first-order valence-electron chi connectivity index (χ1n) is 10.1. The molecule has 2 aliphatic rings. The molecule has 0 saturated carbocycles. The van der Waals surface area contributed by atoms with Crippen LogP contribution in [0, 0.1) is 12.3 Å². The number of hydrogen-bond donors (Lipinski definition) is 1. The second kappa shape index (κ2) is 8.74. The number of rotatable bonds is 4. The summed E-state index contributed by atoms with van der Waals surface area (Å²) < 4.78 is 0. The third kappa shape index (κ3) is 4.36. The number of likely N-dealkylation sites (tertiary alicyclic amines) is 1. The minimum absolute atomic E-state index is 0.256. The van der Waals surface area contributed by atoms with Crippen LogP contribution in [0.1, 0.15) is 17.5 Å². The standard InChI is InChI=1S/C23H28N4O/c1-2-19-6-8-20(9-7-19)17-25-12-10-21(22(28)18-25)26-13-15-27(16-14-26)23-5-3-4-11-24-23/h1,3-9,11,21-22,28H,10,12-18H2/t21-,22-/m1/s1. The fourth-order valence-electron chi connectivity index (χ4n) is 4.34. The van der Waals surface area contributed by atoms with Crippen LogP contribution in [0.4, 0.5) is 5.82 Å². The molecule has 1 N–H and O–H groups in total. The predicted octanol–water partition coefficient (Wildman–Crippen LogP) is 1.82. The van der Waals surface area contributed by atoms with Crippen LogP contribution in [0.25, 0.3) is 0 Å². The number of anilines is 1. The topological polar surface area (TPSA) is 42.8 Å². The van der Waals surface area contributed by atoms with Gasteiger partial charge in [-0.15, -0.1) is 6.42 Å². The highest BCUT2D eigenvalue weighted by molar-refractivity contribution is 5.38. The van der Waals surface area contributed by atoms with Crippen LogP contribution < -0.4 is 4.90 Å². The minimum atomic E-state index is -0.305. The van der Waals surface area contributed by atoms with Gasteiger partial charge in [0.15, 0.2) is 0 Å². The second-order valence-corrected chi connectivity index (χ2v) is 7.71. The van der Waals surface area contributed by atoms with E-state index in [0.717, 1.165) is 63.6 Å². The van der Waals surface area contributed by atoms with Crippen LogP contribution in [0.2, 0.25) is 0 Å². The average Bonchev–Trinajstić information content (AvgIpc) is 2.75. The molecule has 0 unspecified atom stereocenters. The molecule has 2 fully saturated rings. The van der Waals surface area contributed by atoms with E-state index in [2.05, 4.69) is 43.8 Å². The Kier molecular flexibility index (Phi) is 5.92. The third-order valence-electron chi connectivity index (χ3n) is 5.91. The molecule has 146 valence electrons. The molecule has 2 atom stereocenters. The molecule has 3 heterocycles. The zero-order chi connectivity index (χ0) is 19.3. The molecule has 1 aromatic heterocycles. The maximum Gasteiger partial charge on any atom is 0.128 e. The number of piperazine rings is 1. The Labute approximate surface area is 167 Å². The smallest absolute Gasteiger partial charge is 0.128 e. The first-order chi connectivity index (χ1) is 13.7. The van der Waals surface area contributed by atoms with Crippen molar-refractivity contribution in [1.29, 1.82) is 0 Å². The summed E-state index contributed by atoms with van der Waals surface area (Å²) >= 11 is 0. The number of nitrogens with zero attached hydrogens (tertiary/aromatic N) is 4. The molecular weight excluding hydrogens is 348 g/mol. The van der Waals surface area contributed by atoms with Gasteiger partial charge in [-0.1, -0.05) is 24.1 Å². The van der Waals surface area contributed by atoms with E-state index in [1.807, 2.05) is 30.5 Å². The quantitative estimate of drug-likeness (QED) is 0.825. The third-order valence-corrected chi connectivity index (χ3v) is 5.91. The summed E-state index contributed by atoms with van der Waals surface area (Å²) in [6, 6.07) is 14.5. The molecule has 2 aromatic rings. The second-order valence-electron chi connectivity index (χ2n) is 7.71. The van der Waals surface area contributed by atoms with Crippen molar-refractivity contribution in [1.82, 2.24) is 14.8 Å². The Morgan fingerprint density at radius 2 is 1.82 bits per heavy atom. The van der Waals surface area contributed by atoms with E-state index in [0.29, 0.717) is 0 Å². The van der Waals surface area contributed by atoms with Gasteiger partial charge in [0.05, 0.1) is 6.10 Å². The lowest BCUT2D eigenvalue weighted by Gasteiger charge is -2.45. The SMILES string of the molecule is C#Cc1ccc(CN2CC[C@@H](N3CCN(c4ccccn4)CC3)[C@H](O)C2)cc1. The van der Waals surface area contributed by atoms with Crippen molar-refractivity contribution in [3.8, 4) is 12.3 Å². The van der Waals surface area contributed by atoms with Crippen molar-refractivity contribution in [3.05, 3.63) is 59.8 Å². The molecule has 0 spiro atoms. The van der Waals surface area contributed by atoms with Crippen molar-refractivity contribution >= 4 is 5.82 Å². The summed E-state index contributed by atoms with van der Waals surface area (Å²) in [7, 11) is 0. The zero-order valence-electron chi connectivity index (χ0n) is 16.2. The van der Waals surface area contributed by atoms with Gasteiger partial charge in [-0.25, -0.2) is 4.98 Å². The summed E-state index contributed by atoms with van der Waals surface area (Å²) in [4.78, 5) is 11.6. The summed E-state index contributed by atoms with van der Waals surface area (Å²) in [6.07, 6.45) is 7.98. The highest BCUT2D eigenvalue weighted by atomic mass is 16.3. The molecule has 0 aliphatic carbocycles. The number of piperidine rings is 1. The maximum absolute atomic E-state index is 10.8. The van der Waals surface area contributed by atoms with Gasteiger partial charge >= 0.3 is 0 Å². The molecule has 0 amide bonds. The van der Waals surface area contributed by atoms with Gasteiger partial charge in [0.1, 0.15) is 5.82 Å². The molecule has 0 radical (unpaired) electrons. The first kappa shape index (κ1) is 18.9. The van der Waals surface area contributed by atoms with E-state index in [1.165, 1.54) is 5.56 Å². The fraction of sp³-hybridized carbons (Fsp3) is 0.435. The Hall–Kier alpha value is -2.39. The Morgan fingerprint density at radius 1 is 1.04 bits per heavy atom. The zero-order valence-corrected chi connectivity index (χ0v) is 16.2. The van der Waals surface area contributed by atoms with Crippen LogP contribution in [-0.4, -0.2) is 71.3 Å². The largest absolute Gasteiger partial charge is 0.390 e. The van der Waals surface area contributed by atoms with Gasteiger partial charge < -0.3 is 10.0 Å². The highest BCUT2D eigenvalue weighted by Crippen LogP contribution is 2.22. The summed E-state index contributed by atoms with van der Waals surface area (Å²) in [5, 5.41) is 10.8. The highest BCUT2D eigenvalue weighted by Gasteiger charge is 2.33. The van der Waals surface area contributed by atoms with Gasteiger partial charge in [-0.2, -0.15) is 0 Å². The lowest BCUT2D eigenvalue weighted by molar-refractivity contribution is -0.0172. The number of aliphatic hydroxyl groups is 1. The fourth-order valence-corrected chi connectivity index (χ4v) is 4.34. The van der Waals surface area contributed by atoms with Crippen molar-refractivity contribution in [2.24, 2.45) is 0 Å². The van der Waals surface area contributed by atoms with Crippen molar-refractivity contribution in [2.45, 2.75) is 25.1 Å². The normalized spacial score (nSPS) is 24.1. The van der Waals surface area contributed by atoms with Gasteiger partial charge in [-0.3, -0.25) is 9.80 Å². The molecular formula is C23H28N4O. The molecule has 28 heavy (non-hydrogen) atoms. The number of aliphatic hydroxyl groups excluding tert-OH is 1. The van der Waals surface area contributed by atoms with Gasteiger partial charge in [0.25, 0.3) is 0 Å². The average molecular weight is 377 g/mol. The molecule has 0 bridgehead atoms. The van der Waals surface area contributed by atoms with Gasteiger partial charge in [0.2, 0.25) is 0 Å². The minimum Gasteiger partial charge on any atom is -0.390 e. The monoisotopic (exact) mass is 376 g/mol. The van der Waals surface area contributed by atoms with Crippen LogP contribution in [0.5, 0.6) is 0 Å². The van der Waals surface area contributed by atoms with Crippen molar-refractivity contribution in [3.63, 3.8) is 0 Å². The van der Waals surface area contributed by atoms with Crippen LogP contribution in [-0.2, 0) is 6.54 Å². The first-order valence-corrected chi connectivity index (χ1v) is 10.1. The van der Waals surface area contributed by atoms with Crippen molar-refractivity contribution in [2.75, 3.05) is 44.2 Å². The van der Waals surface area contributed by atoms with Crippen LogP contribution in [0.3, 0.4) is 0 Å². The molecule has 5 nitrogen and oxygen atoms in total. The molecule has 2 aliphatic heterocycles. The van der Waals surface area contributed by atoms with E-state index in [1.54, 1.807) is 0 Å². The van der Waals surface area contributed by atoms with E-state index >= 15 is 0 Å². The lowest BCUT2D eigenvalue weighted by Crippen LogP contribution is -2.58. The molecule has 4 rings (SSSR count). The number of pyridine rings is 1. The van der Waals surface area contributed by atoms with E-state index in [-0.39, 0.29) is 12.1 Å². The summed E-state index contributed by atoms with van der Waals surface area (Å²) in [6.45, 7) is 6.48. The summed E-state index contributed by atoms with van der Waals surface area (Å²) in [5.41, 5.74) is 2.15. The van der Waals surface area contributed by atoms with Crippen molar-refractivity contribution < 1.29 is 5.11 Å². The Balaban J connectivity index is 1.28. The molecule has 1 aromatic carbocycles. The van der Waals surface area contributed by atoms with Gasteiger partial charge in [0, 0.05) is 63.6 Å². The predicted molar refractivity (Wildman–Crippen MR) is 112 cm³/mol.